The van der Waals surface area contributed by atoms with Gasteiger partial charge >= 0.3 is 0 Å². The number of rotatable bonds is 7. The van der Waals surface area contributed by atoms with E-state index in [2.05, 4.69) is 41.7 Å². The molecule has 0 saturated carbocycles. The molecule has 0 saturated heterocycles. The van der Waals surface area contributed by atoms with Crippen molar-refractivity contribution < 1.29 is 4.39 Å². The van der Waals surface area contributed by atoms with Gasteiger partial charge in [0.25, 0.3) is 0 Å². The summed E-state index contributed by atoms with van der Waals surface area (Å²) in [7, 11) is 0. The lowest BCUT2D eigenvalue weighted by Crippen LogP contribution is -2.32. The third-order valence-electron chi connectivity index (χ3n) is 3.07. The zero-order valence-electron chi connectivity index (χ0n) is 11.1. The van der Waals surface area contributed by atoms with Crippen LogP contribution in [0.3, 0.4) is 0 Å². The first-order chi connectivity index (χ1) is 8.52. The molecule has 1 aromatic carbocycles. The molecular formula is C15H21BrFN. The predicted molar refractivity (Wildman–Crippen MR) is 79.3 cm³/mol. The summed E-state index contributed by atoms with van der Waals surface area (Å²) in [6, 6.07) is 5.17. The zero-order valence-corrected chi connectivity index (χ0v) is 12.7. The summed E-state index contributed by atoms with van der Waals surface area (Å²) in [4.78, 5) is 0. The highest BCUT2D eigenvalue weighted by molar-refractivity contribution is 9.10. The topological polar surface area (TPSA) is 12.0 Å². The normalized spacial score (nSPS) is 14.2. The molecular weight excluding hydrogens is 293 g/mol. The van der Waals surface area contributed by atoms with Crippen molar-refractivity contribution in [2.75, 3.05) is 13.1 Å². The summed E-state index contributed by atoms with van der Waals surface area (Å²) in [5.74, 6) is -0.208. The van der Waals surface area contributed by atoms with E-state index < -0.39 is 0 Å². The van der Waals surface area contributed by atoms with Crippen molar-refractivity contribution in [3.8, 4) is 0 Å². The molecule has 100 valence electrons. The number of benzene rings is 1. The molecule has 1 atom stereocenters. The maximum absolute atomic E-state index is 13.5. The Hall–Kier alpha value is -0.670. The van der Waals surface area contributed by atoms with Crippen molar-refractivity contribution in [2.45, 2.75) is 26.7 Å². The molecule has 0 heterocycles. The average molecular weight is 314 g/mol. The second-order valence-corrected chi connectivity index (χ2v) is 5.72. The molecule has 1 aromatic rings. The van der Waals surface area contributed by atoms with Crippen LogP contribution in [0.2, 0.25) is 0 Å². The minimum atomic E-state index is -0.208. The van der Waals surface area contributed by atoms with E-state index in [1.165, 1.54) is 6.07 Å². The first-order valence-electron chi connectivity index (χ1n) is 6.29. The van der Waals surface area contributed by atoms with Gasteiger partial charge in [0.15, 0.2) is 0 Å². The Balaban J connectivity index is 2.78. The zero-order chi connectivity index (χ0) is 13.6. The fourth-order valence-electron chi connectivity index (χ4n) is 1.88. The van der Waals surface area contributed by atoms with Gasteiger partial charge in [-0.15, -0.1) is 6.58 Å². The van der Waals surface area contributed by atoms with Crippen molar-refractivity contribution in [1.29, 1.82) is 0 Å². The van der Waals surface area contributed by atoms with Crippen LogP contribution in [0.5, 0.6) is 0 Å². The molecule has 1 nitrogen and oxygen atoms in total. The SMILES string of the molecule is C=CC(C)(CNCCC)Cc1cccc(F)c1Br. The van der Waals surface area contributed by atoms with Crippen molar-refractivity contribution in [3.63, 3.8) is 0 Å². The Morgan fingerprint density at radius 3 is 2.83 bits per heavy atom. The van der Waals surface area contributed by atoms with Crippen molar-refractivity contribution in [2.24, 2.45) is 5.41 Å². The van der Waals surface area contributed by atoms with Crippen LogP contribution in [0.15, 0.2) is 35.3 Å². The maximum Gasteiger partial charge on any atom is 0.137 e. The van der Waals surface area contributed by atoms with Crippen molar-refractivity contribution in [3.05, 3.63) is 46.7 Å². The van der Waals surface area contributed by atoms with Gasteiger partial charge in [0.05, 0.1) is 4.47 Å². The summed E-state index contributed by atoms with van der Waals surface area (Å²) in [6.45, 7) is 10.0. The molecule has 3 heteroatoms. The number of hydrogen-bond acceptors (Lipinski definition) is 1. The van der Waals surface area contributed by atoms with Crippen LogP contribution >= 0.6 is 15.9 Å². The Morgan fingerprint density at radius 1 is 1.50 bits per heavy atom. The Kier molecular flexibility index (Phi) is 6.03. The molecule has 0 aliphatic rings. The summed E-state index contributed by atoms with van der Waals surface area (Å²) in [6.07, 6.45) is 3.83. The standard InChI is InChI=1S/C15H21BrFN/c1-4-9-18-11-15(3,5-2)10-12-7-6-8-13(17)14(12)16/h5-8,18H,2,4,9-11H2,1,3H3. The largest absolute Gasteiger partial charge is 0.316 e. The molecule has 1 rings (SSSR count). The molecule has 0 fully saturated rings. The van der Waals surface area contributed by atoms with E-state index in [-0.39, 0.29) is 11.2 Å². The van der Waals surface area contributed by atoms with Gasteiger partial charge < -0.3 is 5.32 Å². The van der Waals surface area contributed by atoms with E-state index in [4.69, 9.17) is 0 Å². The van der Waals surface area contributed by atoms with Gasteiger partial charge in [-0.1, -0.05) is 32.1 Å². The molecule has 0 aliphatic carbocycles. The molecule has 0 spiro atoms. The molecule has 18 heavy (non-hydrogen) atoms. The maximum atomic E-state index is 13.5. The smallest absolute Gasteiger partial charge is 0.137 e. The van der Waals surface area contributed by atoms with Crippen LogP contribution in [0, 0.1) is 11.2 Å². The second kappa shape index (κ2) is 7.05. The Morgan fingerprint density at radius 2 is 2.22 bits per heavy atom. The lowest BCUT2D eigenvalue weighted by atomic mass is 9.83. The molecule has 0 aromatic heterocycles. The Labute approximate surface area is 118 Å². The van der Waals surface area contributed by atoms with Crippen LogP contribution in [-0.2, 0) is 6.42 Å². The van der Waals surface area contributed by atoms with Gasteiger partial charge in [-0.3, -0.25) is 0 Å². The van der Waals surface area contributed by atoms with Crippen LogP contribution in [0.4, 0.5) is 4.39 Å². The molecule has 0 amide bonds. The lowest BCUT2D eigenvalue weighted by molar-refractivity contribution is 0.390. The highest BCUT2D eigenvalue weighted by Crippen LogP contribution is 2.29. The summed E-state index contributed by atoms with van der Waals surface area (Å²) < 4.78 is 14.0. The molecule has 0 bridgehead atoms. The van der Waals surface area contributed by atoms with Gasteiger partial charge in [-0.25, -0.2) is 4.39 Å². The fourth-order valence-corrected chi connectivity index (χ4v) is 2.28. The molecule has 1 unspecified atom stereocenters. The van der Waals surface area contributed by atoms with Crippen LogP contribution in [0.25, 0.3) is 0 Å². The molecule has 0 radical (unpaired) electrons. The first kappa shape index (κ1) is 15.4. The van der Waals surface area contributed by atoms with Crippen LogP contribution < -0.4 is 5.32 Å². The van der Waals surface area contributed by atoms with E-state index in [0.29, 0.717) is 4.47 Å². The number of hydrogen-bond donors (Lipinski definition) is 1. The minimum Gasteiger partial charge on any atom is -0.316 e. The molecule has 0 aliphatic heterocycles. The highest BCUT2D eigenvalue weighted by Gasteiger charge is 2.22. The highest BCUT2D eigenvalue weighted by atomic mass is 79.9. The third kappa shape index (κ3) is 4.21. The van der Waals surface area contributed by atoms with Gasteiger partial charge in [0, 0.05) is 12.0 Å². The van der Waals surface area contributed by atoms with E-state index >= 15 is 0 Å². The quantitative estimate of drug-likeness (QED) is 0.584. The fraction of sp³-hybridized carbons (Fsp3) is 0.467. The van der Waals surface area contributed by atoms with Crippen molar-refractivity contribution in [1.82, 2.24) is 5.32 Å². The Bertz CT molecular complexity index is 405. The number of halogens is 2. The predicted octanol–water partition coefficient (Wildman–Crippen LogP) is 4.32. The number of nitrogens with one attached hydrogen (secondary N) is 1. The second-order valence-electron chi connectivity index (χ2n) is 4.92. The first-order valence-corrected chi connectivity index (χ1v) is 7.09. The third-order valence-corrected chi connectivity index (χ3v) is 3.96. The van der Waals surface area contributed by atoms with Gasteiger partial charge in [-0.05, 0) is 46.9 Å². The van der Waals surface area contributed by atoms with Gasteiger partial charge in [0.2, 0.25) is 0 Å². The molecule has 1 N–H and O–H groups in total. The summed E-state index contributed by atoms with van der Waals surface area (Å²) in [5.41, 5.74) is 0.918. The van der Waals surface area contributed by atoms with E-state index in [1.807, 2.05) is 12.1 Å². The van der Waals surface area contributed by atoms with Crippen LogP contribution in [-0.4, -0.2) is 13.1 Å². The lowest BCUT2D eigenvalue weighted by Gasteiger charge is -2.27. The van der Waals surface area contributed by atoms with E-state index in [9.17, 15) is 4.39 Å². The van der Waals surface area contributed by atoms with E-state index in [0.717, 1.165) is 31.5 Å². The van der Waals surface area contributed by atoms with Crippen molar-refractivity contribution >= 4 is 15.9 Å². The summed E-state index contributed by atoms with van der Waals surface area (Å²) >= 11 is 3.31. The van der Waals surface area contributed by atoms with Crippen LogP contribution in [0.1, 0.15) is 25.8 Å². The minimum absolute atomic E-state index is 0.0640. The van der Waals surface area contributed by atoms with Gasteiger partial charge in [-0.2, -0.15) is 0 Å². The average Bonchev–Trinajstić information content (AvgIpc) is 2.35. The van der Waals surface area contributed by atoms with E-state index in [1.54, 1.807) is 6.07 Å². The summed E-state index contributed by atoms with van der Waals surface area (Å²) in [5, 5.41) is 3.40. The van der Waals surface area contributed by atoms with Gasteiger partial charge in [0.1, 0.15) is 5.82 Å². The monoisotopic (exact) mass is 313 g/mol.